The number of rotatable bonds is 3. The Labute approximate surface area is 112 Å². The first kappa shape index (κ1) is 12.9. The molecule has 0 aliphatic carbocycles. The number of aromatic amines is 1. The van der Waals surface area contributed by atoms with Crippen molar-refractivity contribution >= 4 is 12.2 Å². The van der Waals surface area contributed by atoms with E-state index in [-0.39, 0.29) is 0 Å². The average molecular weight is 259 g/mol. The molecule has 2 aromatic heterocycles. The van der Waals surface area contributed by atoms with Crippen LogP contribution in [0.5, 0.6) is 0 Å². The molecule has 0 aliphatic rings. The van der Waals surface area contributed by atoms with E-state index in [1.165, 1.54) is 0 Å². The second kappa shape index (κ2) is 5.40. The van der Waals surface area contributed by atoms with Crippen molar-refractivity contribution < 1.29 is 0 Å². The van der Waals surface area contributed by atoms with Crippen molar-refractivity contribution in [2.45, 2.75) is 33.6 Å². The topological polar surface area (TPSA) is 41.6 Å². The van der Waals surface area contributed by atoms with Crippen LogP contribution in [0.2, 0.25) is 0 Å². The van der Waals surface area contributed by atoms with Crippen LogP contribution in [0.15, 0.2) is 18.3 Å². The van der Waals surface area contributed by atoms with E-state index in [0.717, 1.165) is 41.2 Å². The van der Waals surface area contributed by atoms with Gasteiger partial charge in [-0.05, 0) is 32.4 Å². The molecule has 3 nitrogen and oxygen atoms in total. The molecule has 0 spiro atoms. The van der Waals surface area contributed by atoms with Gasteiger partial charge in [0, 0.05) is 29.4 Å². The minimum Gasteiger partial charge on any atom is -0.343 e. The van der Waals surface area contributed by atoms with Gasteiger partial charge in [0.05, 0.1) is 5.69 Å². The molecule has 2 heterocycles. The van der Waals surface area contributed by atoms with E-state index in [1.807, 2.05) is 26.1 Å². The quantitative estimate of drug-likeness (QED) is 0.853. The summed E-state index contributed by atoms with van der Waals surface area (Å²) in [7, 11) is 0. The Hall–Kier alpha value is -1.55. The number of aromatic nitrogens is 3. The number of aryl methyl sites for hydroxylation is 2. The zero-order chi connectivity index (χ0) is 13.1. The maximum atomic E-state index is 5.32. The highest BCUT2D eigenvalue weighted by molar-refractivity contribution is 7.71. The highest BCUT2D eigenvalue weighted by atomic mass is 32.1. The van der Waals surface area contributed by atoms with E-state index >= 15 is 0 Å². The van der Waals surface area contributed by atoms with Gasteiger partial charge in [-0.1, -0.05) is 19.1 Å². The molecule has 1 N–H and O–H groups in total. The van der Waals surface area contributed by atoms with Gasteiger partial charge in [-0.3, -0.25) is 4.98 Å². The molecule has 0 amide bonds. The smallest absolute Gasteiger partial charge is 0.133 e. The molecular formula is C14H17N3S. The molecule has 18 heavy (non-hydrogen) atoms. The van der Waals surface area contributed by atoms with E-state index in [0.29, 0.717) is 4.64 Å². The third-order valence-electron chi connectivity index (χ3n) is 2.89. The molecule has 0 aromatic carbocycles. The monoisotopic (exact) mass is 259 g/mol. The lowest BCUT2D eigenvalue weighted by Crippen LogP contribution is -2.00. The first-order chi connectivity index (χ1) is 8.61. The Bertz CT molecular complexity index is 599. The molecule has 0 fully saturated rings. The molecule has 0 saturated carbocycles. The Morgan fingerprint density at radius 3 is 2.67 bits per heavy atom. The number of pyridine rings is 1. The van der Waals surface area contributed by atoms with Crippen molar-refractivity contribution in [3.63, 3.8) is 0 Å². The highest BCUT2D eigenvalue weighted by Gasteiger charge is 2.07. The third-order valence-corrected chi connectivity index (χ3v) is 3.29. The number of hydrogen-bond donors (Lipinski definition) is 1. The predicted molar refractivity (Wildman–Crippen MR) is 76.1 cm³/mol. The van der Waals surface area contributed by atoms with Crippen molar-refractivity contribution in [1.82, 2.24) is 15.0 Å². The minimum atomic E-state index is 0.674. The fraction of sp³-hybridized carbons (Fsp3) is 0.357. The van der Waals surface area contributed by atoms with Crippen LogP contribution >= 0.6 is 12.2 Å². The van der Waals surface area contributed by atoms with Crippen LogP contribution < -0.4 is 0 Å². The van der Waals surface area contributed by atoms with Crippen molar-refractivity contribution in [3.05, 3.63) is 40.1 Å². The number of nitrogens with zero attached hydrogens (tertiary/aromatic N) is 2. The van der Waals surface area contributed by atoms with Crippen molar-refractivity contribution in [1.29, 1.82) is 0 Å². The SMILES string of the molecule is CCCc1nc(=S)c(C)c(-c2ccc(C)nc2)[nH]1. The van der Waals surface area contributed by atoms with Gasteiger partial charge < -0.3 is 4.98 Å². The van der Waals surface area contributed by atoms with Gasteiger partial charge in [0.1, 0.15) is 10.5 Å². The standard InChI is InChI=1S/C14H17N3S/c1-4-5-12-16-13(10(3)14(18)17-12)11-7-6-9(2)15-8-11/h6-8H,4-5H2,1-3H3,(H,16,17,18). The van der Waals surface area contributed by atoms with Crippen LogP contribution in [0.3, 0.4) is 0 Å². The van der Waals surface area contributed by atoms with Gasteiger partial charge in [-0.2, -0.15) is 0 Å². The maximum Gasteiger partial charge on any atom is 0.133 e. The van der Waals surface area contributed by atoms with Gasteiger partial charge in [0.15, 0.2) is 0 Å². The molecule has 0 radical (unpaired) electrons. The largest absolute Gasteiger partial charge is 0.343 e. The van der Waals surface area contributed by atoms with Gasteiger partial charge >= 0.3 is 0 Å². The lowest BCUT2D eigenvalue weighted by molar-refractivity contribution is 0.829. The van der Waals surface area contributed by atoms with Gasteiger partial charge in [0.2, 0.25) is 0 Å². The zero-order valence-corrected chi connectivity index (χ0v) is 11.8. The van der Waals surface area contributed by atoms with Crippen LogP contribution in [0.4, 0.5) is 0 Å². The van der Waals surface area contributed by atoms with Crippen LogP contribution in [-0.2, 0) is 6.42 Å². The lowest BCUT2D eigenvalue weighted by atomic mass is 10.1. The summed E-state index contributed by atoms with van der Waals surface area (Å²) in [5.74, 6) is 0.948. The van der Waals surface area contributed by atoms with E-state index < -0.39 is 0 Å². The first-order valence-corrected chi connectivity index (χ1v) is 6.55. The van der Waals surface area contributed by atoms with Crippen LogP contribution in [0, 0.1) is 18.5 Å². The molecule has 0 saturated heterocycles. The lowest BCUT2D eigenvalue weighted by Gasteiger charge is -2.09. The summed E-state index contributed by atoms with van der Waals surface area (Å²) in [5, 5.41) is 0. The Morgan fingerprint density at radius 1 is 1.28 bits per heavy atom. The van der Waals surface area contributed by atoms with Crippen molar-refractivity contribution in [3.8, 4) is 11.3 Å². The summed E-state index contributed by atoms with van der Waals surface area (Å²) >= 11 is 5.32. The van der Waals surface area contributed by atoms with E-state index in [1.54, 1.807) is 0 Å². The van der Waals surface area contributed by atoms with Crippen LogP contribution in [0.1, 0.15) is 30.4 Å². The molecule has 0 bridgehead atoms. The fourth-order valence-electron chi connectivity index (χ4n) is 1.84. The number of hydrogen-bond acceptors (Lipinski definition) is 3. The molecule has 4 heteroatoms. The molecule has 94 valence electrons. The van der Waals surface area contributed by atoms with Crippen molar-refractivity contribution in [2.75, 3.05) is 0 Å². The van der Waals surface area contributed by atoms with Crippen LogP contribution in [-0.4, -0.2) is 15.0 Å². The molecule has 0 unspecified atom stereocenters. The molecule has 2 rings (SSSR count). The summed E-state index contributed by atoms with van der Waals surface area (Å²) in [6.45, 7) is 6.11. The molecule has 0 aliphatic heterocycles. The average Bonchev–Trinajstić information content (AvgIpc) is 2.35. The Kier molecular flexibility index (Phi) is 3.87. The minimum absolute atomic E-state index is 0.674. The predicted octanol–water partition coefficient (Wildman–Crippen LogP) is 3.77. The summed E-state index contributed by atoms with van der Waals surface area (Å²) in [5.41, 5.74) is 4.11. The van der Waals surface area contributed by atoms with E-state index in [4.69, 9.17) is 12.2 Å². The van der Waals surface area contributed by atoms with Crippen LogP contribution in [0.25, 0.3) is 11.3 Å². The molecule has 0 atom stereocenters. The van der Waals surface area contributed by atoms with Crippen molar-refractivity contribution in [2.24, 2.45) is 0 Å². The summed E-state index contributed by atoms with van der Waals surface area (Å²) in [6, 6.07) is 4.07. The maximum absolute atomic E-state index is 5.32. The van der Waals surface area contributed by atoms with E-state index in [9.17, 15) is 0 Å². The molecular weight excluding hydrogens is 242 g/mol. The highest BCUT2D eigenvalue weighted by Crippen LogP contribution is 2.21. The Morgan fingerprint density at radius 2 is 2.06 bits per heavy atom. The zero-order valence-electron chi connectivity index (χ0n) is 10.9. The fourth-order valence-corrected chi connectivity index (χ4v) is 2.05. The summed E-state index contributed by atoms with van der Waals surface area (Å²) in [4.78, 5) is 12.1. The van der Waals surface area contributed by atoms with E-state index in [2.05, 4.69) is 27.9 Å². The third kappa shape index (κ3) is 2.64. The number of nitrogens with one attached hydrogen (secondary N) is 1. The van der Waals surface area contributed by atoms with Gasteiger partial charge in [0.25, 0.3) is 0 Å². The summed E-state index contributed by atoms with van der Waals surface area (Å²) < 4.78 is 0.674. The van der Waals surface area contributed by atoms with Gasteiger partial charge in [-0.15, -0.1) is 0 Å². The molecule has 2 aromatic rings. The second-order valence-corrected chi connectivity index (χ2v) is 4.81. The Balaban J connectivity index is 2.55. The second-order valence-electron chi connectivity index (χ2n) is 4.43. The first-order valence-electron chi connectivity index (χ1n) is 6.14. The van der Waals surface area contributed by atoms with Gasteiger partial charge in [-0.25, -0.2) is 4.98 Å². The normalized spacial score (nSPS) is 10.6. The number of H-pyrrole nitrogens is 1. The summed E-state index contributed by atoms with van der Waals surface area (Å²) in [6.07, 6.45) is 3.84.